The van der Waals surface area contributed by atoms with Gasteiger partial charge in [-0.2, -0.15) is 0 Å². The van der Waals surface area contributed by atoms with E-state index in [0.717, 1.165) is 17.0 Å². The lowest BCUT2D eigenvalue weighted by atomic mass is 10.3. The van der Waals surface area contributed by atoms with Crippen LogP contribution < -0.4 is 10.2 Å². The molecule has 2 aromatic carbocycles. The number of rotatable bonds is 2. The van der Waals surface area contributed by atoms with E-state index in [1.54, 1.807) is 23.1 Å². The van der Waals surface area contributed by atoms with Crippen LogP contribution in [0.2, 0.25) is 10.0 Å². The number of nitrogens with zero attached hydrogens (tertiary/aromatic N) is 3. The number of anilines is 2. The molecule has 1 aliphatic rings. The molecular weight excluding hydrogens is 373 g/mol. The largest absolute Gasteiger partial charge is 0.339 e. The van der Waals surface area contributed by atoms with Crippen LogP contribution in [0.4, 0.5) is 16.4 Å². The number of halogens is 2. The topological polar surface area (TPSA) is 64.3 Å². The first-order valence-corrected chi connectivity index (χ1v) is 9.06. The number of piperazine rings is 1. The fourth-order valence-corrected chi connectivity index (χ4v) is 3.28. The van der Waals surface area contributed by atoms with Gasteiger partial charge in [0.25, 0.3) is 0 Å². The van der Waals surface area contributed by atoms with E-state index in [0.29, 0.717) is 41.9 Å². The number of imidazole rings is 1. The number of H-pyrrole nitrogens is 1. The Labute approximate surface area is 160 Å². The summed E-state index contributed by atoms with van der Waals surface area (Å²) in [5.41, 5.74) is 2.59. The lowest BCUT2D eigenvalue weighted by molar-refractivity contribution is 0.208. The molecule has 8 heteroatoms. The van der Waals surface area contributed by atoms with Crippen LogP contribution in [0, 0.1) is 0 Å². The summed E-state index contributed by atoms with van der Waals surface area (Å²) in [5, 5.41) is 3.74. The Morgan fingerprint density at radius 3 is 2.54 bits per heavy atom. The van der Waals surface area contributed by atoms with E-state index in [-0.39, 0.29) is 6.03 Å². The van der Waals surface area contributed by atoms with Gasteiger partial charge in [-0.15, -0.1) is 0 Å². The number of amides is 2. The average molecular weight is 390 g/mol. The third-order valence-electron chi connectivity index (χ3n) is 4.41. The van der Waals surface area contributed by atoms with E-state index in [1.165, 1.54) is 0 Å². The zero-order chi connectivity index (χ0) is 18.1. The monoisotopic (exact) mass is 389 g/mol. The van der Waals surface area contributed by atoms with Crippen LogP contribution in [0.25, 0.3) is 11.0 Å². The smallest absolute Gasteiger partial charge is 0.321 e. The molecule has 0 spiro atoms. The number of para-hydroxylation sites is 2. The van der Waals surface area contributed by atoms with Crippen molar-refractivity contribution < 1.29 is 4.79 Å². The fraction of sp³-hybridized carbons (Fsp3) is 0.222. The van der Waals surface area contributed by atoms with Crippen LogP contribution in [0.3, 0.4) is 0 Å². The van der Waals surface area contributed by atoms with Crippen molar-refractivity contribution in [2.45, 2.75) is 0 Å². The minimum absolute atomic E-state index is 0.146. The molecule has 0 bridgehead atoms. The molecule has 2 amide bonds. The SMILES string of the molecule is O=C(Nc1ccc(Cl)c(Cl)c1)N1CCN(c2nc3ccccc3[nH]2)CC1. The second kappa shape index (κ2) is 7.05. The van der Waals surface area contributed by atoms with E-state index in [2.05, 4.69) is 20.2 Å². The summed E-state index contributed by atoms with van der Waals surface area (Å²) in [7, 11) is 0. The molecule has 1 aliphatic heterocycles. The van der Waals surface area contributed by atoms with Crippen molar-refractivity contribution in [2.75, 3.05) is 36.4 Å². The highest BCUT2D eigenvalue weighted by Crippen LogP contribution is 2.25. The molecule has 0 aliphatic carbocycles. The molecule has 4 rings (SSSR count). The standard InChI is InChI=1S/C18H17Cl2N5O/c19-13-6-5-12(11-14(13)20)21-18(26)25-9-7-24(8-10-25)17-22-15-3-1-2-4-16(15)23-17/h1-6,11H,7-10H2,(H,21,26)(H,22,23). The van der Waals surface area contributed by atoms with E-state index in [1.807, 2.05) is 24.3 Å². The Bertz CT molecular complexity index is 917. The van der Waals surface area contributed by atoms with Gasteiger partial charge in [0.1, 0.15) is 0 Å². The zero-order valence-electron chi connectivity index (χ0n) is 13.9. The van der Waals surface area contributed by atoms with Gasteiger partial charge in [0.15, 0.2) is 0 Å². The Morgan fingerprint density at radius 1 is 1.04 bits per heavy atom. The molecular formula is C18H17Cl2N5O. The highest BCUT2D eigenvalue weighted by Gasteiger charge is 2.23. The second-order valence-corrected chi connectivity index (χ2v) is 6.93. The highest BCUT2D eigenvalue weighted by molar-refractivity contribution is 6.42. The number of nitrogens with one attached hydrogen (secondary N) is 2. The summed E-state index contributed by atoms with van der Waals surface area (Å²) >= 11 is 11.9. The molecule has 0 atom stereocenters. The summed E-state index contributed by atoms with van der Waals surface area (Å²) in [6.07, 6.45) is 0. The van der Waals surface area contributed by atoms with Crippen molar-refractivity contribution in [3.8, 4) is 0 Å². The molecule has 2 N–H and O–H groups in total. The maximum Gasteiger partial charge on any atom is 0.321 e. The molecule has 3 aromatic rings. The third-order valence-corrected chi connectivity index (χ3v) is 5.15. The predicted octanol–water partition coefficient (Wildman–Crippen LogP) is 4.22. The van der Waals surface area contributed by atoms with Gasteiger partial charge in [-0.25, -0.2) is 9.78 Å². The molecule has 1 aromatic heterocycles. The van der Waals surface area contributed by atoms with Gasteiger partial charge in [-0.3, -0.25) is 0 Å². The Hall–Kier alpha value is -2.44. The average Bonchev–Trinajstić information content (AvgIpc) is 3.09. The van der Waals surface area contributed by atoms with Crippen LogP contribution in [0.1, 0.15) is 0 Å². The van der Waals surface area contributed by atoms with Gasteiger partial charge in [0, 0.05) is 31.9 Å². The number of aromatic amines is 1. The first kappa shape index (κ1) is 17.0. The minimum atomic E-state index is -0.146. The number of aromatic nitrogens is 2. The Balaban J connectivity index is 1.38. The van der Waals surface area contributed by atoms with Gasteiger partial charge < -0.3 is 20.1 Å². The molecule has 0 unspecified atom stereocenters. The van der Waals surface area contributed by atoms with Crippen LogP contribution >= 0.6 is 23.2 Å². The van der Waals surface area contributed by atoms with Crippen LogP contribution in [-0.4, -0.2) is 47.1 Å². The Morgan fingerprint density at radius 2 is 1.81 bits per heavy atom. The maximum absolute atomic E-state index is 12.4. The van der Waals surface area contributed by atoms with Crippen LogP contribution in [0.5, 0.6) is 0 Å². The summed E-state index contributed by atoms with van der Waals surface area (Å²) in [5.74, 6) is 0.843. The van der Waals surface area contributed by atoms with E-state index >= 15 is 0 Å². The first-order valence-electron chi connectivity index (χ1n) is 8.31. The van der Waals surface area contributed by atoms with Crippen molar-refractivity contribution in [1.29, 1.82) is 0 Å². The van der Waals surface area contributed by atoms with E-state index in [4.69, 9.17) is 23.2 Å². The summed E-state index contributed by atoms with van der Waals surface area (Å²) in [6.45, 7) is 2.66. The number of carbonyl (C=O) groups excluding carboxylic acids is 1. The van der Waals surface area contributed by atoms with Crippen molar-refractivity contribution in [2.24, 2.45) is 0 Å². The molecule has 0 saturated carbocycles. The molecule has 0 radical (unpaired) electrons. The number of hydrogen-bond donors (Lipinski definition) is 2. The predicted molar refractivity (Wildman–Crippen MR) is 105 cm³/mol. The zero-order valence-corrected chi connectivity index (χ0v) is 15.4. The van der Waals surface area contributed by atoms with Gasteiger partial charge in [0.2, 0.25) is 5.95 Å². The lowest BCUT2D eigenvalue weighted by Crippen LogP contribution is -2.50. The van der Waals surface area contributed by atoms with Gasteiger partial charge in [0.05, 0.1) is 21.1 Å². The normalized spacial score (nSPS) is 14.7. The number of benzene rings is 2. The third kappa shape index (κ3) is 3.43. The number of hydrogen-bond acceptors (Lipinski definition) is 3. The molecule has 1 saturated heterocycles. The molecule has 6 nitrogen and oxygen atoms in total. The van der Waals surface area contributed by atoms with Crippen molar-refractivity contribution in [3.63, 3.8) is 0 Å². The van der Waals surface area contributed by atoms with Crippen molar-refractivity contribution >= 4 is 51.9 Å². The second-order valence-electron chi connectivity index (χ2n) is 6.11. The Kier molecular flexibility index (Phi) is 4.61. The maximum atomic E-state index is 12.4. The van der Waals surface area contributed by atoms with Crippen molar-refractivity contribution in [3.05, 3.63) is 52.5 Å². The van der Waals surface area contributed by atoms with E-state index in [9.17, 15) is 4.79 Å². The van der Waals surface area contributed by atoms with Gasteiger partial charge in [-0.05, 0) is 30.3 Å². The summed E-state index contributed by atoms with van der Waals surface area (Å²) in [6, 6.07) is 12.8. The van der Waals surface area contributed by atoms with E-state index < -0.39 is 0 Å². The fourth-order valence-electron chi connectivity index (χ4n) is 2.99. The van der Waals surface area contributed by atoms with Gasteiger partial charge >= 0.3 is 6.03 Å². The summed E-state index contributed by atoms with van der Waals surface area (Å²) < 4.78 is 0. The molecule has 2 heterocycles. The molecule has 26 heavy (non-hydrogen) atoms. The van der Waals surface area contributed by atoms with Crippen LogP contribution in [0.15, 0.2) is 42.5 Å². The highest BCUT2D eigenvalue weighted by atomic mass is 35.5. The molecule has 1 fully saturated rings. The number of urea groups is 1. The summed E-state index contributed by atoms with van der Waals surface area (Å²) in [4.78, 5) is 24.3. The quantitative estimate of drug-likeness (QED) is 0.689. The minimum Gasteiger partial charge on any atom is -0.339 e. The van der Waals surface area contributed by atoms with Gasteiger partial charge in [-0.1, -0.05) is 35.3 Å². The number of carbonyl (C=O) groups is 1. The van der Waals surface area contributed by atoms with Crippen LogP contribution in [-0.2, 0) is 0 Å². The van der Waals surface area contributed by atoms with Crippen molar-refractivity contribution in [1.82, 2.24) is 14.9 Å². The lowest BCUT2D eigenvalue weighted by Gasteiger charge is -2.34. The number of fused-ring (bicyclic) bond motifs is 1. The molecule has 134 valence electrons. The first-order chi connectivity index (χ1) is 12.6.